The van der Waals surface area contributed by atoms with Gasteiger partial charge in [0.25, 0.3) is 0 Å². The van der Waals surface area contributed by atoms with Crippen LogP contribution in [0.25, 0.3) is 11.3 Å². The average molecular weight is 391 g/mol. The maximum absolute atomic E-state index is 9.60. The van der Waals surface area contributed by atoms with Crippen molar-refractivity contribution in [2.45, 2.75) is 25.4 Å². The zero-order valence-electron chi connectivity index (χ0n) is 16.9. The maximum Gasteiger partial charge on any atom is 0.0695 e. The second kappa shape index (κ2) is 9.83. The Kier molecular flexibility index (Phi) is 6.72. The summed E-state index contributed by atoms with van der Waals surface area (Å²) in [5.41, 5.74) is 4.89. The second-order valence-electron chi connectivity index (χ2n) is 7.81. The molecule has 0 saturated carbocycles. The van der Waals surface area contributed by atoms with Crippen molar-refractivity contribution in [2.24, 2.45) is 0 Å². The third-order valence-corrected chi connectivity index (χ3v) is 5.86. The Morgan fingerprint density at radius 2 is 1.76 bits per heavy atom. The predicted octanol–water partition coefficient (Wildman–Crippen LogP) is 3.19. The van der Waals surface area contributed by atoms with Crippen LogP contribution in [0.3, 0.4) is 0 Å². The third-order valence-electron chi connectivity index (χ3n) is 5.86. The minimum Gasteiger partial charge on any atom is -0.396 e. The number of aliphatic hydroxyl groups is 1. The first-order valence-electron chi connectivity index (χ1n) is 10.5. The summed E-state index contributed by atoms with van der Waals surface area (Å²) in [6, 6.07) is 21.4. The Hall–Kier alpha value is -2.47. The van der Waals surface area contributed by atoms with E-state index in [1.807, 2.05) is 12.3 Å². The molecule has 3 aromatic rings. The van der Waals surface area contributed by atoms with Gasteiger partial charge < -0.3 is 5.11 Å². The van der Waals surface area contributed by atoms with E-state index in [2.05, 4.69) is 74.6 Å². The molecule has 5 nitrogen and oxygen atoms in total. The molecule has 1 unspecified atom stereocenters. The van der Waals surface area contributed by atoms with E-state index in [-0.39, 0.29) is 6.61 Å². The van der Waals surface area contributed by atoms with Crippen molar-refractivity contribution in [3.63, 3.8) is 0 Å². The van der Waals surface area contributed by atoms with E-state index in [0.29, 0.717) is 6.04 Å². The Bertz CT molecular complexity index is 865. The smallest absolute Gasteiger partial charge is 0.0695 e. The lowest BCUT2D eigenvalue weighted by Gasteiger charge is -2.41. The first-order chi connectivity index (χ1) is 14.3. The van der Waals surface area contributed by atoms with Crippen LogP contribution in [-0.2, 0) is 13.0 Å². The molecular formula is C24H30N4O. The molecule has 0 radical (unpaired) electrons. The minimum absolute atomic E-state index is 0.237. The summed E-state index contributed by atoms with van der Waals surface area (Å²) in [4.78, 5) is 5.05. The number of rotatable bonds is 8. The molecule has 1 fully saturated rings. The predicted molar refractivity (Wildman–Crippen MR) is 117 cm³/mol. The van der Waals surface area contributed by atoms with E-state index < -0.39 is 0 Å². The highest BCUT2D eigenvalue weighted by Gasteiger charge is 2.27. The molecule has 152 valence electrons. The van der Waals surface area contributed by atoms with Crippen molar-refractivity contribution in [2.75, 3.05) is 32.8 Å². The Balaban J connectivity index is 1.38. The molecule has 2 N–H and O–H groups in total. The Morgan fingerprint density at radius 1 is 1.00 bits per heavy atom. The topological polar surface area (TPSA) is 55.4 Å². The molecular weight excluding hydrogens is 360 g/mol. The van der Waals surface area contributed by atoms with Gasteiger partial charge in [0, 0.05) is 50.9 Å². The zero-order chi connectivity index (χ0) is 19.9. The van der Waals surface area contributed by atoms with Crippen LogP contribution in [0.5, 0.6) is 0 Å². The summed E-state index contributed by atoms with van der Waals surface area (Å²) in [5.74, 6) is 0. The van der Waals surface area contributed by atoms with Gasteiger partial charge in [-0.15, -0.1) is 0 Å². The number of H-pyrrole nitrogens is 1. The molecule has 1 saturated heterocycles. The number of aromatic amines is 1. The molecule has 0 aliphatic carbocycles. The number of benzene rings is 2. The van der Waals surface area contributed by atoms with Gasteiger partial charge in [0.1, 0.15) is 0 Å². The molecule has 0 bridgehead atoms. The summed E-state index contributed by atoms with van der Waals surface area (Å²) in [6.45, 7) is 5.22. The molecule has 1 aromatic heterocycles. The van der Waals surface area contributed by atoms with Crippen LogP contribution < -0.4 is 0 Å². The molecule has 2 aromatic carbocycles. The largest absolute Gasteiger partial charge is 0.396 e. The highest BCUT2D eigenvalue weighted by Crippen LogP contribution is 2.23. The van der Waals surface area contributed by atoms with E-state index >= 15 is 0 Å². The van der Waals surface area contributed by atoms with Gasteiger partial charge >= 0.3 is 0 Å². The lowest BCUT2D eigenvalue weighted by Crippen LogP contribution is -2.53. The highest BCUT2D eigenvalue weighted by molar-refractivity contribution is 5.62. The summed E-state index contributed by atoms with van der Waals surface area (Å²) in [5, 5.41) is 17.1. The SMILES string of the molecule is OCCC1CN(Cc2cn[nH]c2-c2ccccc2)CCN1CCc1ccccc1. The Morgan fingerprint density at radius 3 is 2.52 bits per heavy atom. The molecule has 1 aliphatic heterocycles. The van der Waals surface area contributed by atoms with Gasteiger partial charge in [-0.05, 0) is 24.0 Å². The molecule has 1 atom stereocenters. The van der Waals surface area contributed by atoms with Crippen LogP contribution in [0.4, 0.5) is 0 Å². The van der Waals surface area contributed by atoms with Gasteiger partial charge in [0.15, 0.2) is 0 Å². The van der Waals surface area contributed by atoms with Gasteiger partial charge in [0.05, 0.1) is 11.9 Å². The van der Waals surface area contributed by atoms with Crippen molar-refractivity contribution in [3.05, 3.63) is 78.0 Å². The summed E-state index contributed by atoms with van der Waals surface area (Å²) in [7, 11) is 0. The van der Waals surface area contributed by atoms with Crippen LogP contribution in [0.15, 0.2) is 66.9 Å². The van der Waals surface area contributed by atoms with Crippen molar-refractivity contribution in [1.82, 2.24) is 20.0 Å². The van der Waals surface area contributed by atoms with Crippen LogP contribution in [0.1, 0.15) is 17.5 Å². The number of aliphatic hydroxyl groups excluding tert-OH is 1. The van der Waals surface area contributed by atoms with E-state index in [1.54, 1.807) is 0 Å². The Labute approximate surface area is 173 Å². The molecule has 0 spiro atoms. The lowest BCUT2D eigenvalue weighted by atomic mass is 10.0. The average Bonchev–Trinajstić information content (AvgIpc) is 3.23. The quantitative estimate of drug-likeness (QED) is 0.620. The van der Waals surface area contributed by atoms with Gasteiger partial charge in [-0.1, -0.05) is 60.7 Å². The van der Waals surface area contributed by atoms with Crippen LogP contribution >= 0.6 is 0 Å². The molecule has 1 aliphatic rings. The van der Waals surface area contributed by atoms with Crippen LogP contribution in [0, 0.1) is 0 Å². The summed E-state index contributed by atoms with van der Waals surface area (Å²) in [6.07, 6.45) is 3.83. The molecule has 2 heterocycles. The summed E-state index contributed by atoms with van der Waals surface area (Å²) >= 11 is 0. The highest BCUT2D eigenvalue weighted by atomic mass is 16.3. The fourth-order valence-corrected chi connectivity index (χ4v) is 4.26. The van der Waals surface area contributed by atoms with Gasteiger partial charge in [0.2, 0.25) is 0 Å². The van der Waals surface area contributed by atoms with Gasteiger partial charge in [-0.25, -0.2) is 0 Å². The summed E-state index contributed by atoms with van der Waals surface area (Å²) < 4.78 is 0. The minimum atomic E-state index is 0.237. The van der Waals surface area contributed by atoms with Crippen molar-refractivity contribution >= 4 is 0 Å². The third kappa shape index (κ3) is 5.12. The fourth-order valence-electron chi connectivity index (χ4n) is 4.26. The van der Waals surface area contributed by atoms with Crippen molar-refractivity contribution < 1.29 is 5.11 Å². The number of nitrogens with one attached hydrogen (secondary N) is 1. The first kappa shape index (κ1) is 19.8. The van der Waals surface area contributed by atoms with Crippen molar-refractivity contribution in [3.8, 4) is 11.3 Å². The molecule has 5 heteroatoms. The molecule has 29 heavy (non-hydrogen) atoms. The lowest BCUT2D eigenvalue weighted by molar-refractivity contribution is 0.0563. The van der Waals surface area contributed by atoms with Gasteiger partial charge in [-0.2, -0.15) is 5.10 Å². The van der Waals surface area contributed by atoms with E-state index in [0.717, 1.165) is 51.3 Å². The van der Waals surface area contributed by atoms with Crippen molar-refractivity contribution in [1.29, 1.82) is 0 Å². The zero-order valence-corrected chi connectivity index (χ0v) is 16.9. The van der Waals surface area contributed by atoms with Crippen LogP contribution in [0.2, 0.25) is 0 Å². The normalized spacial score (nSPS) is 18.2. The van der Waals surface area contributed by atoms with E-state index in [9.17, 15) is 5.11 Å². The number of piperazine rings is 1. The maximum atomic E-state index is 9.60. The number of hydrogen-bond acceptors (Lipinski definition) is 4. The fraction of sp³-hybridized carbons (Fsp3) is 0.375. The monoisotopic (exact) mass is 390 g/mol. The van der Waals surface area contributed by atoms with Gasteiger partial charge in [-0.3, -0.25) is 14.9 Å². The van der Waals surface area contributed by atoms with Crippen LogP contribution in [-0.4, -0.2) is 63.9 Å². The first-order valence-corrected chi connectivity index (χ1v) is 10.5. The standard InChI is InChI=1S/C24H30N4O/c29-16-12-23-19-27(14-15-28(23)13-11-20-7-3-1-4-8-20)18-22-17-25-26-24(22)21-9-5-2-6-10-21/h1-10,17,23,29H,11-16,18-19H2,(H,25,26). The molecule has 4 rings (SSSR count). The van der Waals surface area contributed by atoms with E-state index in [1.165, 1.54) is 16.7 Å². The van der Waals surface area contributed by atoms with E-state index in [4.69, 9.17) is 0 Å². The number of aromatic nitrogens is 2. The molecule has 0 amide bonds. The number of hydrogen-bond donors (Lipinski definition) is 2. The second-order valence-corrected chi connectivity index (χ2v) is 7.81. The number of nitrogens with zero attached hydrogens (tertiary/aromatic N) is 3.